The lowest BCUT2D eigenvalue weighted by molar-refractivity contribution is 0.192. The highest BCUT2D eigenvalue weighted by Gasteiger charge is 2.19. The summed E-state index contributed by atoms with van der Waals surface area (Å²) in [5, 5.41) is 15.3. The summed E-state index contributed by atoms with van der Waals surface area (Å²) in [5.41, 5.74) is 1.02. The topological polar surface area (TPSA) is 64.6 Å². The highest BCUT2D eigenvalue weighted by atomic mass is 16.3. The molecular weight excluding hydrogens is 266 g/mol. The summed E-state index contributed by atoms with van der Waals surface area (Å²) in [4.78, 5) is 14.2. The number of piperidine rings is 1. The van der Waals surface area contributed by atoms with Gasteiger partial charge in [-0.25, -0.2) is 4.79 Å². The summed E-state index contributed by atoms with van der Waals surface area (Å²) in [5.74, 6) is 0.263. The minimum Gasteiger partial charge on any atom is -0.508 e. The molecule has 116 valence electrons. The van der Waals surface area contributed by atoms with E-state index < -0.39 is 0 Å². The van der Waals surface area contributed by atoms with Crippen molar-refractivity contribution >= 4 is 6.03 Å². The fraction of sp³-hybridized carbons (Fsp3) is 0.562. The molecular formula is C16H25N3O2. The van der Waals surface area contributed by atoms with Crippen LogP contribution in [0.4, 0.5) is 4.79 Å². The van der Waals surface area contributed by atoms with Crippen LogP contribution in [-0.2, 0) is 6.42 Å². The number of hydrogen-bond donors (Lipinski definition) is 3. The molecule has 1 fully saturated rings. The fourth-order valence-corrected chi connectivity index (χ4v) is 2.73. The highest BCUT2D eigenvalue weighted by Crippen LogP contribution is 2.11. The van der Waals surface area contributed by atoms with Gasteiger partial charge in [0.25, 0.3) is 0 Å². The minimum atomic E-state index is -0.0990. The molecule has 3 N–H and O–H groups in total. The minimum absolute atomic E-state index is 0.0990. The first kappa shape index (κ1) is 15.6. The number of urea groups is 1. The SMILES string of the molecule is CCN1CCCC(NC(=O)NCCc2cccc(O)c2)C1. The zero-order chi connectivity index (χ0) is 15.1. The van der Waals surface area contributed by atoms with Crippen LogP contribution in [-0.4, -0.2) is 48.3 Å². The number of nitrogens with zero attached hydrogens (tertiary/aromatic N) is 1. The van der Waals surface area contributed by atoms with Gasteiger partial charge in [-0.3, -0.25) is 0 Å². The molecule has 2 rings (SSSR count). The Kier molecular flexibility index (Phi) is 5.87. The Bertz CT molecular complexity index is 465. The van der Waals surface area contributed by atoms with Crippen molar-refractivity contribution in [2.75, 3.05) is 26.2 Å². The van der Waals surface area contributed by atoms with Gasteiger partial charge in [0, 0.05) is 19.1 Å². The van der Waals surface area contributed by atoms with Crippen molar-refractivity contribution in [2.45, 2.75) is 32.2 Å². The van der Waals surface area contributed by atoms with Crippen molar-refractivity contribution in [3.05, 3.63) is 29.8 Å². The Morgan fingerprint density at radius 2 is 2.33 bits per heavy atom. The Morgan fingerprint density at radius 3 is 3.10 bits per heavy atom. The van der Waals surface area contributed by atoms with Gasteiger partial charge in [0.05, 0.1) is 0 Å². The second kappa shape index (κ2) is 7.88. The van der Waals surface area contributed by atoms with Gasteiger partial charge in [-0.15, -0.1) is 0 Å². The van der Waals surface area contributed by atoms with Crippen molar-refractivity contribution in [3.8, 4) is 5.75 Å². The molecule has 21 heavy (non-hydrogen) atoms. The molecule has 1 atom stereocenters. The molecule has 1 aromatic rings. The number of amides is 2. The van der Waals surface area contributed by atoms with E-state index in [2.05, 4.69) is 22.5 Å². The first-order chi connectivity index (χ1) is 10.2. The maximum atomic E-state index is 11.9. The quantitative estimate of drug-likeness (QED) is 0.774. The normalized spacial score (nSPS) is 19.2. The van der Waals surface area contributed by atoms with Crippen LogP contribution >= 0.6 is 0 Å². The zero-order valence-electron chi connectivity index (χ0n) is 12.6. The molecule has 1 aliphatic rings. The van der Waals surface area contributed by atoms with Crippen LogP contribution in [0.15, 0.2) is 24.3 Å². The number of hydrogen-bond acceptors (Lipinski definition) is 3. The molecule has 0 aliphatic carbocycles. The largest absolute Gasteiger partial charge is 0.508 e. The highest BCUT2D eigenvalue weighted by molar-refractivity contribution is 5.74. The lowest BCUT2D eigenvalue weighted by atomic mass is 10.1. The van der Waals surface area contributed by atoms with Crippen LogP contribution in [0, 0.1) is 0 Å². The molecule has 2 amide bonds. The molecule has 1 aliphatic heterocycles. The summed E-state index contributed by atoms with van der Waals surface area (Å²) in [6, 6.07) is 7.27. The number of likely N-dealkylation sites (tertiary alicyclic amines) is 1. The molecule has 1 aromatic carbocycles. The molecule has 0 saturated carbocycles. The predicted octanol–water partition coefficient (Wildman–Crippen LogP) is 1.72. The number of aromatic hydroxyl groups is 1. The zero-order valence-corrected chi connectivity index (χ0v) is 12.6. The molecule has 0 spiro atoms. The van der Waals surface area contributed by atoms with Crippen molar-refractivity contribution < 1.29 is 9.90 Å². The van der Waals surface area contributed by atoms with Gasteiger partial charge in [-0.2, -0.15) is 0 Å². The summed E-state index contributed by atoms with van der Waals surface area (Å²) in [6.07, 6.45) is 2.91. The summed E-state index contributed by atoms with van der Waals surface area (Å²) in [7, 11) is 0. The summed E-state index contributed by atoms with van der Waals surface area (Å²) < 4.78 is 0. The number of benzene rings is 1. The van der Waals surface area contributed by atoms with Crippen LogP contribution in [0.3, 0.4) is 0 Å². The van der Waals surface area contributed by atoms with Gasteiger partial charge >= 0.3 is 6.03 Å². The Morgan fingerprint density at radius 1 is 1.48 bits per heavy atom. The number of carbonyl (C=O) groups is 1. The van der Waals surface area contributed by atoms with E-state index in [0.717, 1.165) is 38.0 Å². The van der Waals surface area contributed by atoms with Gasteiger partial charge in [0.15, 0.2) is 0 Å². The lowest BCUT2D eigenvalue weighted by Crippen LogP contribution is -2.50. The summed E-state index contributed by atoms with van der Waals surface area (Å²) in [6.45, 7) is 5.83. The molecule has 1 heterocycles. The van der Waals surface area contributed by atoms with E-state index in [4.69, 9.17) is 0 Å². The molecule has 0 aromatic heterocycles. The number of phenolic OH excluding ortho intramolecular Hbond substituents is 1. The van der Waals surface area contributed by atoms with Gasteiger partial charge in [0.2, 0.25) is 0 Å². The average molecular weight is 291 g/mol. The third-order valence-corrected chi connectivity index (χ3v) is 3.90. The third-order valence-electron chi connectivity index (χ3n) is 3.90. The van der Waals surface area contributed by atoms with Gasteiger partial charge < -0.3 is 20.6 Å². The van der Waals surface area contributed by atoms with E-state index in [1.807, 2.05) is 12.1 Å². The van der Waals surface area contributed by atoms with E-state index in [0.29, 0.717) is 13.0 Å². The Balaban J connectivity index is 1.67. The Hall–Kier alpha value is -1.75. The number of rotatable bonds is 5. The van der Waals surface area contributed by atoms with Crippen LogP contribution in [0.5, 0.6) is 5.75 Å². The van der Waals surface area contributed by atoms with Gasteiger partial charge in [0.1, 0.15) is 5.75 Å². The van der Waals surface area contributed by atoms with Crippen molar-refractivity contribution in [2.24, 2.45) is 0 Å². The number of likely N-dealkylation sites (N-methyl/N-ethyl adjacent to an activating group) is 1. The van der Waals surface area contributed by atoms with Crippen molar-refractivity contribution in [1.29, 1.82) is 0 Å². The lowest BCUT2D eigenvalue weighted by Gasteiger charge is -2.32. The molecule has 1 saturated heterocycles. The molecule has 1 unspecified atom stereocenters. The van der Waals surface area contributed by atoms with Crippen LogP contribution < -0.4 is 10.6 Å². The molecule has 5 heteroatoms. The molecule has 5 nitrogen and oxygen atoms in total. The summed E-state index contributed by atoms with van der Waals surface area (Å²) >= 11 is 0. The van der Waals surface area contributed by atoms with E-state index in [9.17, 15) is 9.90 Å². The van der Waals surface area contributed by atoms with Crippen molar-refractivity contribution in [3.63, 3.8) is 0 Å². The second-order valence-electron chi connectivity index (χ2n) is 5.55. The number of nitrogens with one attached hydrogen (secondary N) is 2. The van der Waals surface area contributed by atoms with E-state index in [-0.39, 0.29) is 17.8 Å². The van der Waals surface area contributed by atoms with Crippen LogP contribution in [0.25, 0.3) is 0 Å². The number of carbonyl (C=O) groups excluding carboxylic acids is 1. The van der Waals surface area contributed by atoms with Gasteiger partial charge in [-0.1, -0.05) is 19.1 Å². The maximum Gasteiger partial charge on any atom is 0.315 e. The number of phenols is 1. The maximum absolute atomic E-state index is 11.9. The first-order valence-electron chi connectivity index (χ1n) is 7.72. The van der Waals surface area contributed by atoms with E-state index >= 15 is 0 Å². The van der Waals surface area contributed by atoms with Crippen LogP contribution in [0.1, 0.15) is 25.3 Å². The van der Waals surface area contributed by atoms with E-state index in [1.165, 1.54) is 0 Å². The smallest absolute Gasteiger partial charge is 0.315 e. The van der Waals surface area contributed by atoms with Crippen LogP contribution in [0.2, 0.25) is 0 Å². The first-order valence-corrected chi connectivity index (χ1v) is 7.72. The predicted molar refractivity (Wildman–Crippen MR) is 83.5 cm³/mol. The van der Waals surface area contributed by atoms with Crippen molar-refractivity contribution in [1.82, 2.24) is 15.5 Å². The average Bonchev–Trinajstić information content (AvgIpc) is 2.47. The molecule has 0 radical (unpaired) electrons. The third kappa shape index (κ3) is 5.27. The fourth-order valence-electron chi connectivity index (χ4n) is 2.73. The Labute approximate surface area is 126 Å². The standard InChI is InChI=1S/C16H25N3O2/c1-2-19-10-4-6-14(12-19)18-16(21)17-9-8-13-5-3-7-15(20)11-13/h3,5,7,11,14,20H,2,4,6,8-10,12H2,1H3,(H2,17,18,21). The second-order valence-corrected chi connectivity index (χ2v) is 5.55. The van der Waals surface area contributed by atoms with Gasteiger partial charge in [-0.05, 0) is 50.0 Å². The monoisotopic (exact) mass is 291 g/mol. The van der Waals surface area contributed by atoms with E-state index in [1.54, 1.807) is 12.1 Å². The molecule has 0 bridgehead atoms.